The average molecular weight is 145 g/mol. The largest absolute Gasteiger partial charge is 0.295 e. The van der Waals surface area contributed by atoms with Crippen molar-refractivity contribution < 1.29 is 5.11 Å². The minimum Gasteiger partial charge on any atom is -0.295 e. The fourth-order valence-electron chi connectivity index (χ4n) is 1.41. The summed E-state index contributed by atoms with van der Waals surface area (Å²) in [6.45, 7) is 0. The number of aryl methyl sites for hydroxylation is 1. The van der Waals surface area contributed by atoms with Gasteiger partial charge in [-0.2, -0.15) is 0 Å². The fourth-order valence-corrected chi connectivity index (χ4v) is 1.41. The highest BCUT2D eigenvalue weighted by atomic mass is 16.3. The van der Waals surface area contributed by atoms with Crippen LogP contribution in [0.1, 0.15) is 17.5 Å². The van der Waals surface area contributed by atoms with Gasteiger partial charge in [0, 0.05) is 6.42 Å². The van der Waals surface area contributed by atoms with Gasteiger partial charge >= 0.3 is 0 Å². The maximum Gasteiger partial charge on any atom is 0.156 e. The number of hydrogen-bond donors (Lipinski definition) is 0. The molecule has 0 N–H and O–H groups in total. The quantitative estimate of drug-likeness (QED) is 0.534. The summed E-state index contributed by atoms with van der Waals surface area (Å²) in [7, 11) is 0. The zero-order chi connectivity index (χ0) is 7.68. The van der Waals surface area contributed by atoms with Crippen molar-refractivity contribution in [3.63, 3.8) is 0 Å². The van der Waals surface area contributed by atoms with E-state index in [1.807, 2.05) is 18.2 Å². The molecule has 11 heavy (non-hydrogen) atoms. The number of fused-ring (bicyclic) bond motifs is 1. The van der Waals surface area contributed by atoms with Crippen LogP contribution in [0.5, 0.6) is 0 Å². The van der Waals surface area contributed by atoms with Crippen molar-refractivity contribution >= 4 is 6.08 Å². The van der Waals surface area contributed by atoms with E-state index in [9.17, 15) is 5.11 Å². The lowest BCUT2D eigenvalue weighted by molar-refractivity contribution is 0.284. The van der Waals surface area contributed by atoms with Gasteiger partial charge < -0.3 is 0 Å². The lowest BCUT2D eigenvalue weighted by Gasteiger charge is -2.09. The lowest BCUT2D eigenvalue weighted by Crippen LogP contribution is -1.96. The molecule has 0 saturated carbocycles. The Hall–Kier alpha value is -1.24. The molecule has 1 aromatic carbocycles. The summed E-state index contributed by atoms with van der Waals surface area (Å²) in [4.78, 5) is 0. The Labute approximate surface area is 66.0 Å². The maximum atomic E-state index is 11.0. The van der Waals surface area contributed by atoms with Crippen molar-refractivity contribution in [2.24, 2.45) is 0 Å². The minimum atomic E-state index is 0.253. The Morgan fingerprint density at radius 1 is 1.09 bits per heavy atom. The van der Waals surface area contributed by atoms with Crippen molar-refractivity contribution in [3.05, 3.63) is 41.2 Å². The van der Waals surface area contributed by atoms with Crippen LogP contribution in [0.4, 0.5) is 0 Å². The first-order valence-electron chi connectivity index (χ1n) is 3.82. The summed E-state index contributed by atoms with van der Waals surface area (Å²) in [5, 5.41) is 11.0. The van der Waals surface area contributed by atoms with Gasteiger partial charge in [0.1, 0.15) is 0 Å². The molecule has 1 nitrogen and oxygen atoms in total. The van der Waals surface area contributed by atoms with Crippen LogP contribution in [0.2, 0.25) is 0 Å². The molecule has 55 valence electrons. The molecule has 1 aliphatic rings. The van der Waals surface area contributed by atoms with E-state index in [-0.39, 0.29) is 5.76 Å². The number of rotatable bonds is 0. The molecule has 2 rings (SSSR count). The molecular formula is C10H9O. The van der Waals surface area contributed by atoms with Crippen molar-refractivity contribution in [1.82, 2.24) is 0 Å². The van der Waals surface area contributed by atoms with Crippen LogP contribution < -0.4 is 0 Å². The van der Waals surface area contributed by atoms with Gasteiger partial charge in [-0.05, 0) is 23.6 Å². The molecule has 1 aromatic rings. The Balaban J connectivity index is 2.51. The zero-order valence-corrected chi connectivity index (χ0v) is 6.21. The molecule has 1 heteroatoms. The smallest absolute Gasteiger partial charge is 0.156 e. The third-order valence-electron chi connectivity index (χ3n) is 2.01. The molecule has 0 atom stereocenters. The minimum absolute atomic E-state index is 0.253. The van der Waals surface area contributed by atoms with E-state index >= 15 is 0 Å². The van der Waals surface area contributed by atoms with Crippen LogP contribution >= 0.6 is 0 Å². The molecule has 1 radical (unpaired) electrons. The molecule has 1 aliphatic carbocycles. The summed E-state index contributed by atoms with van der Waals surface area (Å²) in [5.41, 5.74) is 2.40. The van der Waals surface area contributed by atoms with Gasteiger partial charge in [-0.3, -0.25) is 5.11 Å². The normalized spacial score (nSPS) is 15.5. The molecule has 0 spiro atoms. The molecule has 0 fully saturated rings. The highest BCUT2D eigenvalue weighted by Crippen LogP contribution is 2.21. The van der Waals surface area contributed by atoms with Gasteiger partial charge in [-0.1, -0.05) is 24.3 Å². The van der Waals surface area contributed by atoms with Crippen LogP contribution in [0.15, 0.2) is 30.0 Å². The first-order chi connectivity index (χ1) is 5.36. The van der Waals surface area contributed by atoms with E-state index in [1.165, 1.54) is 5.56 Å². The Kier molecular flexibility index (Phi) is 1.42. The predicted molar refractivity (Wildman–Crippen MR) is 43.4 cm³/mol. The number of allylic oxidation sites excluding steroid dienone is 1. The second-order valence-electron chi connectivity index (χ2n) is 2.81. The second kappa shape index (κ2) is 2.42. The van der Waals surface area contributed by atoms with Gasteiger partial charge in [-0.25, -0.2) is 0 Å². The Morgan fingerprint density at radius 3 is 2.82 bits per heavy atom. The molecule has 0 aliphatic heterocycles. The van der Waals surface area contributed by atoms with Crippen molar-refractivity contribution in [2.75, 3.05) is 0 Å². The van der Waals surface area contributed by atoms with Gasteiger partial charge in [0.05, 0.1) is 0 Å². The summed E-state index contributed by atoms with van der Waals surface area (Å²) in [6, 6.07) is 8.06. The topological polar surface area (TPSA) is 19.9 Å². The molecule has 0 aromatic heterocycles. The van der Waals surface area contributed by atoms with Gasteiger partial charge in [0.25, 0.3) is 0 Å². The van der Waals surface area contributed by atoms with E-state index in [2.05, 4.69) is 6.07 Å². The third kappa shape index (κ3) is 1.14. The number of hydrogen-bond acceptors (Lipinski definition) is 0. The van der Waals surface area contributed by atoms with E-state index in [1.54, 1.807) is 6.08 Å². The van der Waals surface area contributed by atoms with Gasteiger partial charge in [0.2, 0.25) is 0 Å². The molecule has 0 amide bonds. The van der Waals surface area contributed by atoms with Crippen LogP contribution in [0.3, 0.4) is 0 Å². The van der Waals surface area contributed by atoms with Crippen LogP contribution in [0, 0.1) is 0 Å². The molecule has 0 unspecified atom stereocenters. The average Bonchev–Trinajstić information content (AvgIpc) is 2.04. The Morgan fingerprint density at radius 2 is 1.91 bits per heavy atom. The summed E-state index contributed by atoms with van der Waals surface area (Å²) in [6.07, 6.45) is 3.32. The van der Waals surface area contributed by atoms with Crippen LogP contribution in [0.25, 0.3) is 6.08 Å². The van der Waals surface area contributed by atoms with Crippen molar-refractivity contribution in [2.45, 2.75) is 12.8 Å². The van der Waals surface area contributed by atoms with Gasteiger partial charge in [-0.15, -0.1) is 0 Å². The summed E-state index contributed by atoms with van der Waals surface area (Å²) < 4.78 is 0. The lowest BCUT2D eigenvalue weighted by atomic mass is 9.97. The predicted octanol–water partition coefficient (Wildman–Crippen LogP) is 2.40. The first-order valence-corrected chi connectivity index (χ1v) is 3.82. The standard InChI is InChI=1S/C10H9O/c11-10-6-5-8-3-1-2-4-9(8)7-10/h1-4,7H,5-6H2. The molecule has 0 heterocycles. The van der Waals surface area contributed by atoms with Crippen molar-refractivity contribution in [3.8, 4) is 0 Å². The van der Waals surface area contributed by atoms with Crippen molar-refractivity contribution in [1.29, 1.82) is 0 Å². The Bertz CT molecular complexity index is 299. The molecule has 0 bridgehead atoms. The summed E-state index contributed by atoms with van der Waals surface area (Å²) in [5.74, 6) is 0.253. The van der Waals surface area contributed by atoms with Gasteiger partial charge in [0.15, 0.2) is 5.76 Å². The number of benzene rings is 1. The fraction of sp³-hybridized carbons (Fsp3) is 0.200. The maximum absolute atomic E-state index is 11.0. The SMILES string of the molecule is [O]C1=Cc2ccccc2CC1. The van der Waals surface area contributed by atoms with E-state index in [0.29, 0.717) is 6.42 Å². The highest BCUT2D eigenvalue weighted by molar-refractivity contribution is 5.57. The summed E-state index contributed by atoms with van der Waals surface area (Å²) >= 11 is 0. The molecule has 0 saturated heterocycles. The van der Waals surface area contributed by atoms with E-state index < -0.39 is 0 Å². The molecular weight excluding hydrogens is 136 g/mol. The van der Waals surface area contributed by atoms with E-state index in [0.717, 1.165) is 12.0 Å². The van der Waals surface area contributed by atoms with Crippen LogP contribution in [-0.4, -0.2) is 0 Å². The third-order valence-corrected chi connectivity index (χ3v) is 2.01. The monoisotopic (exact) mass is 145 g/mol. The zero-order valence-electron chi connectivity index (χ0n) is 6.21. The highest BCUT2D eigenvalue weighted by Gasteiger charge is 2.08. The van der Waals surface area contributed by atoms with E-state index in [4.69, 9.17) is 0 Å². The van der Waals surface area contributed by atoms with Crippen LogP contribution in [-0.2, 0) is 11.5 Å². The second-order valence-corrected chi connectivity index (χ2v) is 2.81. The first kappa shape index (κ1) is 6.47.